The van der Waals surface area contributed by atoms with Crippen molar-refractivity contribution in [2.45, 2.75) is 84.8 Å². The summed E-state index contributed by atoms with van der Waals surface area (Å²) in [5, 5.41) is 22.1. The highest BCUT2D eigenvalue weighted by Gasteiger charge is 2.37. The molecule has 14 heteroatoms. The van der Waals surface area contributed by atoms with Crippen LogP contribution >= 0.6 is 11.3 Å². The highest BCUT2D eigenvalue weighted by molar-refractivity contribution is 7.11. The smallest absolute Gasteiger partial charge is 0.317 e. The predicted molar refractivity (Wildman–Crippen MR) is 216 cm³/mol. The second kappa shape index (κ2) is 20.1. The lowest BCUT2D eigenvalue weighted by Crippen LogP contribution is -2.63. The Labute approximate surface area is 330 Å². The van der Waals surface area contributed by atoms with Crippen LogP contribution in [0.25, 0.3) is 0 Å². The van der Waals surface area contributed by atoms with Crippen molar-refractivity contribution in [3.05, 3.63) is 75.7 Å². The largest absolute Gasteiger partial charge is 0.493 e. The Kier molecular flexibility index (Phi) is 15.9. The number of benzene rings is 2. The second-order valence-corrected chi connectivity index (χ2v) is 17.1. The number of thiazole rings is 1. The summed E-state index contributed by atoms with van der Waals surface area (Å²) in [4.78, 5) is 52.0. The van der Waals surface area contributed by atoms with E-state index in [1.54, 1.807) is 32.4 Å². The number of aliphatic hydroxyl groups is 1. The lowest BCUT2D eigenvalue weighted by atomic mass is 9.93. The van der Waals surface area contributed by atoms with Crippen LogP contribution in [0.15, 0.2) is 54.7 Å². The number of ether oxygens (including phenoxy) is 2. The Balaban J connectivity index is 1.48. The van der Waals surface area contributed by atoms with E-state index in [9.17, 15) is 19.5 Å². The van der Waals surface area contributed by atoms with Gasteiger partial charge in [-0.15, -0.1) is 11.3 Å². The number of aliphatic hydroxyl groups excluding tert-OH is 1. The molecule has 1 aliphatic heterocycles. The fourth-order valence-corrected chi connectivity index (χ4v) is 7.58. The first-order valence-electron chi connectivity index (χ1n) is 19.0. The zero-order chi connectivity index (χ0) is 40.3. The van der Waals surface area contributed by atoms with Gasteiger partial charge in [0.1, 0.15) is 6.04 Å². The van der Waals surface area contributed by atoms with E-state index >= 15 is 0 Å². The number of carbonyl (C=O) groups is 3. The first kappa shape index (κ1) is 43.5. The zero-order valence-electron chi connectivity index (χ0n) is 33.9. The van der Waals surface area contributed by atoms with E-state index in [0.717, 1.165) is 21.0 Å². The second-order valence-electron chi connectivity index (χ2n) is 15.8. The van der Waals surface area contributed by atoms with Gasteiger partial charge < -0.3 is 35.4 Å². The standard InChI is InChI=1S/C41H61N7O6S/c1-27(2)32(22-43-40(52)46(7)24-31-21-42-28(3)55-31)38(50)44-33(19-29-13-11-10-12-14-29)35(49)26-48-18-17-47(25-34(48)39(51)45-41(4,5)6)23-30-15-16-36(53-8)37(20-30)54-9/h10-16,20-21,27,32-35,49H,17-19,22-26H2,1-9H3,(H,43,52)(H,44,50)(H,45,51)/t32-,33+,34+,35-/m0/s1. The summed E-state index contributed by atoms with van der Waals surface area (Å²) in [7, 11) is 4.93. The molecule has 0 aliphatic carbocycles. The van der Waals surface area contributed by atoms with Crippen molar-refractivity contribution in [1.82, 2.24) is 35.6 Å². The van der Waals surface area contributed by atoms with Gasteiger partial charge in [0.15, 0.2) is 11.5 Å². The van der Waals surface area contributed by atoms with Crippen LogP contribution in [0.4, 0.5) is 4.79 Å². The number of rotatable bonds is 17. The van der Waals surface area contributed by atoms with Crippen LogP contribution in [0.1, 0.15) is 55.6 Å². The van der Waals surface area contributed by atoms with Crippen LogP contribution in [-0.4, -0.2) is 120 Å². The third-order valence-corrected chi connectivity index (χ3v) is 10.7. The molecule has 2 heterocycles. The molecule has 13 nitrogen and oxygen atoms in total. The summed E-state index contributed by atoms with van der Waals surface area (Å²) in [6, 6.07) is 14.1. The highest BCUT2D eigenvalue weighted by atomic mass is 32.1. The van der Waals surface area contributed by atoms with E-state index in [2.05, 4.69) is 25.8 Å². The van der Waals surface area contributed by atoms with Crippen molar-refractivity contribution < 1.29 is 29.0 Å². The summed E-state index contributed by atoms with van der Waals surface area (Å²) in [5.41, 5.74) is 1.54. The molecule has 1 saturated heterocycles. The van der Waals surface area contributed by atoms with E-state index in [4.69, 9.17) is 9.47 Å². The molecule has 0 spiro atoms. The third-order valence-electron chi connectivity index (χ3n) is 9.77. The molecule has 0 unspecified atom stereocenters. The normalized spacial score (nSPS) is 16.9. The Morgan fingerprint density at radius 3 is 2.36 bits per heavy atom. The van der Waals surface area contributed by atoms with Crippen LogP contribution in [0.3, 0.4) is 0 Å². The topological polar surface area (TPSA) is 149 Å². The Bertz CT molecular complexity index is 1700. The van der Waals surface area contributed by atoms with Gasteiger partial charge in [-0.1, -0.05) is 50.2 Å². The lowest BCUT2D eigenvalue weighted by molar-refractivity contribution is -0.132. The number of hydrogen-bond donors (Lipinski definition) is 4. The molecule has 1 fully saturated rings. The molecule has 0 saturated carbocycles. The number of urea groups is 1. The average molecular weight is 780 g/mol. The quantitative estimate of drug-likeness (QED) is 0.159. The number of piperazine rings is 1. The van der Waals surface area contributed by atoms with Gasteiger partial charge in [-0.2, -0.15) is 0 Å². The van der Waals surface area contributed by atoms with Gasteiger partial charge in [-0.05, 0) is 63.3 Å². The molecule has 4 amide bonds. The summed E-state index contributed by atoms with van der Waals surface area (Å²) in [6.45, 7) is 14.7. The van der Waals surface area contributed by atoms with Crippen molar-refractivity contribution in [2.24, 2.45) is 11.8 Å². The van der Waals surface area contributed by atoms with E-state index in [1.165, 1.54) is 11.3 Å². The number of β-amino-alcohol motifs (C(OH)–C–C–N with tert-alkyl or cyclic N) is 1. The first-order chi connectivity index (χ1) is 26.1. The minimum Gasteiger partial charge on any atom is -0.493 e. The van der Waals surface area contributed by atoms with Gasteiger partial charge in [0, 0.05) is 62.9 Å². The van der Waals surface area contributed by atoms with Crippen LogP contribution in [0.2, 0.25) is 0 Å². The molecule has 3 aromatic rings. The Morgan fingerprint density at radius 2 is 1.75 bits per heavy atom. The fourth-order valence-electron chi connectivity index (χ4n) is 6.73. The number of methoxy groups -OCH3 is 2. The lowest BCUT2D eigenvalue weighted by Gasteiger charge is -2.43. The van der Waals surface area contributed by atoms with Crippen LogP contribution < -0.4 is 25.4 Å². The number of nitrogens with zero attached hydrogens (tertiary/aromatic N) is 4. The van der Waals surface area contributed by atoms with Gasteiger partial charge in [0.2, 0.25) is 11.8 Å². The van der Waals surface area contributed by atoms with E-state index < -0.39 is 29.6 Å². The molecule has 55 heavy (non-hydrogen) atoms. The molecular formula is C41H61N7O6S. The SMILES string of the molecule is COc1ccc(CN2CCN(C[C@H](O)[C@@H](Cc3ccccc3)NC(=O)[C@@H](CNC(=O)N(C)Cc3cnc(C)s3)C(C)C)[C@@H](C(=O)NC(C)(C)C)C2)cc1OC. The van der Waals surface area contributed by atoms with Crippen LogP contribution in [-0.2, 0) is 29.1 Å². The van der Waals surface area contributed by atoms with Crippen molar-refractivity contribution in [1.29, 1.82) is 0 Å². The fraction of sp³-hybridized carbons (Fsp3) is 0.561. The highest BCUT2D eigenvalue weighted by Crippen LogP contribution is 2.28. The number of amides is 4. The Morgan fingerprint density at radius 1 is 1.04 bits per heavy atom. The molecule has 4 rings (SSSR count). The zero-order valence-corrected chi connectivity index (χ0v) is 34.7. The summed E-state index contributed by atoms with van der Waals surface area (Å²) in [5.74, 6) is 0.294. The molecule has 4 atom stereocenters. The van der Waals surface area contributed by atoms with E-state index in [1.807, 2.05) is 95.0 Å². The molecule has 0 bridgehead atoms. The van der Waals surface area contributed by atoms with Crippen LogP contribution in [0.5, 0.6) is 11.5 Å². The Hall–Kier alpha value is -4.24. The van der Waals surface area contributed by atoms with Gasteiger partial charge in [-0.3, -0.25) is 19.4 Å². The third kappa shape index (κ3) is 13.2. The molecule has 1 aromatic heterocycles. The van der Waals surface area contributed by atoms with Crippen molar-refractivity contribution in [3.63, 3.8) is 0 Å². The van der Waals surface area contributed by atoms with Crippen LogP contribution in [0, 0.1) is 18.8 Å². The minimum absolute atomic E-state index is 0.0894. The first-order valence-corrected chi connectivity index (χ1v) is 19.8. The van der Waals surface area contributed by atoms with Crippen molar-refractivity contribution in [2.75, 3.05) is 54.0 Å². The molecule has 2 aromatic carbocycles. The van der Waals surface area contributed by atoms with Gasteiger partial charge in [-0.25, -0.2) is 9.78 Å². The number of aromatic nitrogens is 1. The van der Waals surface area contributed by atoms with E-state index in [0.29, 0.717) is 50.6 Å². The predicted octanol–water partition coefficient (Wildman–Crippen LogP) is 4.07. The minimum atomic E-state index is -0.997. The average Bonchev–Trinajstić information content (AvgIpc) is 3.55. The van der Waals surface area contributed by atoms with Gasteiger partial charge in [0.25, 0.3) is 0 Å². The van der Waals surface area contributed by atoms with E-state index in [-0.39, 0.29) is 36.9 Å². The summed E-state index contributed by atoms with van der Waals surface area (Å²) >= 11 is 1.54. The van der Waals surface area contributed by atoms with Crippen molar-refractivity contribution in [3.8, 4) is 11.5 Å². The maximum Gasteiger partial charge on any atom is 0.317 e. The van der Waals surface area contributed by atoms with Gasteiger partial charge in [0.05, 0.1) is 43.8 Å². The number of aryl methyl sites for hydroxylation is 1. The molecule has 0 radical (unpaired) electrons. The maximum atomic E-state index is 14.0. The summed E-state index contributed by atoms with van der Waals surface area (Å²) in [6.07, 6.45) is 1.16. The van der Waals surface area contributed by atoms with Crippen molar-refractivity contribution >= 4 is 29.2 Å². The molecule has 1 aliphatic rings. The molecule has 302 valence electrons. The monoisotopic (exact) mass is 779 g/mol. The number of nitrogens with one attached hydrogen (secondary N) is 3. The maximum absolute atomic E-state index is 14.0. The van der Waals surface area contributed by atoms with Gasteiger partial charge >= 0.3 is 6.03 Å². The molecular weight excluding hydrogens is 719 g/mol. The summed E-state index contributed by atoms with van der Waals surface area (Å²) < 4.78 is 10.9. The number of hydrogen-bond acceptors (Lipinski definition) is 10. The molecule has 4 N–H and O–H groups in total. The number of carbonyl (C=O) groups excluding carboxylic acids is 3.